The molecule has 2 aromatic carbocycles. The van der Waals surface area contributed by atoms with Crippen LogP contribution >= 0.6 is 0 Å². The Labute approximate surface area is 158 Å². The number of para-hydroxylation sites is 1. The maximum atomic E-state index is 12.4. The predicted octanol–water partition coefficient (Wildman–Crippen LogP) is 3.45. The fourth-order valence-corrected chi connectivity index (χ4v) is 2.95. The molecular weight excluding hydrogens is 346 g/mol. The van der Waals surface area contributed by atoms with Gasteiger partial charge in [0.15, 0.2) is 0 Å². The van der Waals surface area contributed by atoms with E-state index in [4.69, 9.17) is 14.2 Å². The molecule has 0 bridgehead atoms. The van der Waals surface area contributed by atoms with Crippen LogP contribution in [0.25, 0.3) is 0 Å². The van der Waals surface area contributed by atoms with E-state index in [-0.39, 0.29) is 19.1 Å². The summed E-state index contributed by atoms with van der Waals surface area (Å²) in [4.78, 5) is 26.0. The molecule has 6 nitrogen and oxygen atoms in total. The molecule has 0 aliphatic carbocycles. The van der Waals surface area contributed by atoms with Crippen molar-refractivity contribution in [1.29, 1.82) is 0 Å². The third kappa shape index (κ3) is 4.78. The molecule has 3 rings (SSSR count). The Balaban J connectivity index is 1.52. The normalized spacial score (nSPS) is 13.5. The van der Waals surface area contributed by atoms with Gasteiger partial charge in [0.2, 0.25) is 5.91 Å². The van der Waals surface area contributed by atoms with Gasteiger partial charge in [0.25, 0.3) is 0 Å². The molecule has 1 aliphatic heterocycles. The number of anilines is 1. The van der Waals surface area contributed by atoms with Crippen molar-refractivity contribution < 1.29 is 23.8 Å². The number of hydrogen-bond acceptors (Lipinski definition) is 5. The van der Waals surface area contributed by atoms with E-state index in [0.717, 1.165) is 12.2 Å². The number of ether oxygens (including phenoxy) is 3. The van der Waals surface area contributed by atoms with Crippen LogP contribution in [0.1, 0.15) is 30.1 Å². The Morgan fingerprint density at radius 2 is 1.70 bits per heavy atom. The van der Waals surface area contributed by atoms with Crippen molar-refractivity contribution in [2.24, 2.45) is 0 Å². The van der Waals surface area contributed by atoms with Gasteiger partial charge in [0.05, 0.1) is 17.9 Å². The Morgan fingerprint density at radius 1 is 1.00 bits per heavy atom. The molecule has 1 heterocycles. The summed E-state index contributed by atoms with van der Waals surface area (Å²) in [5, 5.41) is 0. The Morgan fingerprint density at radius 3 is 2.37 bits per heavy atom. The lowest BCUT2D eigenvalue weighted by atomic mass is 10.1. The van der Waals surface area contributed by atoms with E-state index in [1.807, 2.05) is 25.1 Å². The summed E-state index contributed by atoms with van der Waals surface area (Å²) < 4.78 is 16.3. The quantitative estimate of drug-likeness (QED) is 0.527. The van der Waals surface area contributed by atoms with Gasteiger partial charge >= 0.3 is 5.97 Å². The standard InChI is InChI=1S/C21H23NO5/c1-2-25-16-9-11-17(12-10-16)26-14-15-27-21(24)18-6-3-4-7-19(18)22-13-5-8-20(22)23/h3-4,6-7,9-12H,2,5,8,13-15H2,1H3. The average Bonchev–Trinajstić information content (AvgIpc) is 3.12. The summed E-state index contributed by atoms with van der Waals surface area (Å²) in [6.07, 6.45) is 1.32. The third-order valence-electron chi connectivity index (χ3n) is 4.21. The molecule has 0 atom stereocenters. The van der Waals surface area contributed by atoms with Crippen LogP contribution in [0.4, 0.5) is 5.69 Å². The second kappa shape index (κ2) is 9.07. The largest absolute Gasteiger partial charge is 0.494 e. The highest BCUT2D eigenvalue weighted by atomic mass is 16.6. The maximum Gasteiger partial charge on any atom is 0.340 e. The zero-order chi connectivity index (χ0) is 19.1. The molecule has 27 heavy (non-hydrogen) atoms. The molecule has 0 N–H and O–H groups in total. The first-order valence-corrected chi connectivity index (χ1v) is 9.11. The Kier molecular flexibility index (Phi) is 6.30. The topological polar surface area (TPSA) is 65.1 Å². The number of amides is 1. The summed E-state index contributed by atoms with van der Waals surface area (Å²) in [5.41, 5.74) is 1.01. The van der Waals surface area contributed by atoms with Crippen LogP contribution in [0.15, 0.2) is 48.5 Å². The molecule has 142 valence electrons. The molecule has 1 fully saturated rings. The number of carbonyl (C=O) groups excluding carboxylic acids is 2. The van der Waals surface area contributed by atoms with E-state index in [9.17, 15) is 9.59 Å². The Hall–Kier alpha value is -3.02. The SMILES string of the molecule is CCOc1ccc(OCCOC(=O)c2ccccc2N2CCCC2=O)cc1. The first-order chi connectivity index (χ1) is 13.2. The minimum Gasteiger partial charge on any atom is -0.494 e. The van der Waals surface area contributed by atoms with Crippen molar-refractivity contribution in [1.82, 2.24) is 0 Å². The number of carbonyl (C=O) groups is 2. The van der Waals surface area contributed by atoms with Crippen molar-refractivity contribution in [3.63, 3.8) is 0 Å². The molecule has 0 radical (unpaired) electrons. The van der Waals surface area contributed by atoms with Crippen molar-refractivity contribution in [3.05, 3.63) is 54.1 Å². The number of esters is 1. The monoisotopic (exact) mass is 369 g/mol. The Bertz CT molecular complexity index is 787. The molecule has 0 saturated carbocycles. The van der Waals surface area contributed by atoms with Crippen molar-refractivity contribution in [2.45, 2.75) is 19.8 Å². The molecule has 0 unspecified atom stereocenters. The first-order valence-electron chi connectivity index (χ1n) is 9.11. The lowest BCUT2D eigenvalue weighted by molar-refractivity contribution is -0.117. The van der Waals surface area contributed by atoms with Gasteiger partial charge in [-0.3, -0.25) is 4.79 Å². The van der Waals surface area contributed by atoms with Gasteiger partial charge < -0.3 is 19.1 Å². The van der Waals surface area contributed by atoms with E-state index in [1.165, 1.54) is 0 Å². The van der Waals surface area contributed by atoms with E-state index in [1.54, 1.807) is 35.2 Å². The second-order valence-corrected chi connectivity index (χ2v) is 6.05. The van der Waals surface area contributed by atoms with Crippen LogP contribution < -0.4 is 14.4 Å². The zero-order valence-corrected chi connectivity index (χ0v) is 15.3. The minimum atomic E-state index is -0.458. The number of rotatable bonds is 8. The van der Waals surface area contributed by atoms with Gasteiger partial charge in [-0.25, -0.2) is 4.79 Å². The highest BCUT2D eigenvalue weighted by molar-refractivity contribution is 6.03. The fourth-order valence-electron chi connectivity index (χ4n) is 2.95. The molecule has 1 aliphatic rings. The first kappa shape index (κ1) is 18.8. The van der Waals surface area contributed by atoms with Crippen LogP contribution in [-0.2, 0) is 9.53 Å². The van der Waals surface area contributed by atoms with Gasteiger partial charge in [-0.1, -0.05) is 12.1 Å². The lowest BCUT2D eigenvalue weighted by Crippen LogP contribution is -2.26. The van der Waals surface area contributed by atoms with E-state index in [0.29, 0.717) is 36.6 Å². The zero-order valence-electron chi connectivity index (χ0n) is 15.3. The molecule has 1 amide bonds. The van der Waals surface area contributed by atoms with E-state index in [2.05, 4.69) is 0 Å². The molecule has 0 spiro atoms. The van der Waals surface area contributed by atoms with Gasteiger partial charge in [-0.15, -0.1) is 0 Å². The van der Waals surface area contributed by atoms with Crippen molar-refractivity contribution in [3.8, 4) is 11.5 Å². The summed E-state index contributed by atoms with van der Waals surface area (Å²) in [6, 6.07) is 14.3. The molecular formula is C21H23NO5. The molecule has 2 aromatic rings. The number of hydrogen-bond donors (Lipinski definition) is 0. The predicted molar refractivity (Wildman–Crippen MR) is 101 cm³/mol. The van der Waals surface area contributed by atoms with E-state index >= 15 is 0 Å². The molecule has 0 aromatic heterocycles. The highest BCUT2D eigenvalue weighted by Gasteiger charge is 2.26. The smallest absolute Gasteiger partial charge is 0.340 e. The maximum absolute atomic E-state index is 12.4. The fraction of sp³-hybridized carbons (Fsp3) is 0.333. The van der Waals surface area contributed by atoms with Crippen molar-refractivity contribution in [2.75, 3.05) is 31.3 Å². The van der Waals surface area contributed by atoms with Crippen molar-refractivity contribution >= 4 is 17.6 Å². The van der Waals surface area contributed by atoms with Gasteiger partial charge in [-0.05, 0) is 49.7 Å². The summed E-state index contributed by atoms with van der Waals surface area (Å²) in [7, 11) is 0. The van der Waals surface area contributed by atoms with E-state index < -0.39 is 5.97 Å². The average molecular weight is 369 g/mol. The van der Waals surface area contributed by atoms with Gasteiger partial charge in [0.1, 0.15) is 24.7 Å². The van der Waals surface area contributed by atoms with Crippen LogP contribution in [-0.4, -0.2) is 38.2 Å². The number of benzene rings is 2. The molecule has 6 heteroatoms. The van der Waals surface area contributed by atoms with Crippen LogP contribution in [0.5, 0.6) is 11.5 Å². The summed E-state index contributed by atoms with van der Waals surface area (Å²) in [6.45, 7) is 3.53. The lowest BCUT2D eigenvalue weighted by Gasteiger charge is -2.18. The highest BCUT2D eigenvalue weighted by Crippen LogP contribution is 2.26. The van der Waals surface area contributed by atoms with Crippen LogP contribution in [0.2, 0.25) is 0 Å². The van der Waals surface area contributed by atoms with Crippen LogP contribution in [0.3, 0.4) is 0 Å². The van der Waals surface area contributed by atoms with Gasteiger partial charge in [-0.2, -0.15) is 0 Å². The minimum absolute atomic E-state index is 0.0362. The van der Waals surface area contributed by atoms with Gasteiger partial charge in [0, 0.05) is 13.0 Å². The van der Waals surface area contributed by atoms with Crippen LogP contribution in [0, 0.1) is 0 Å². The number of nitrogens with zero attached hydrogens (tertiary/aromatic N) is 1. The molecule has 1 saturated heterocycles. The second-order valence-electron chi connectivity index (χ2n) is 6.05. The summed E-state index contributed by atoms with van der Waals surface area (Å²) >= 11 is 0. The third-order valence-corrected chi connectivity index (χ3v) is 4.21. The summed E-state index contributed by atoms with van der Waals surface area (Å²) in [5.74, 6) is 1.04.